The number of alkyl halides is 1. The van der Waals surface area contributed by atoms with Crippen LogP contribution in [0.25, 0.3) is 22.5 Å². The van der Waals surface area contributed by atoms with E-state index in [0.717, 1.165) is 41.7 Å². The summed E-state index contributed by atoms with van der Waals surface area (Å²) in [6.07, 6.45) is 13.0. The predicted octanol–water partition coefficient (Wildman–Crippen LogP) is 8.85. The highest BCUT2D eigenvalue weighted by Crippen LogP contribution is 2.25. The van der Waals surface area contributed by atoms with Gasteiger partial charge >= 0.3 is 0 Å². The third kappa shape index (κ3) is 9.60. The van der Waals surface area contributed by atoms with Crippen molar-refractivity contribution in [2.24, 2.45) is 0 Å². The van der Waals surface area contributed by atoms with Crippen LogP contribution in [0.5, 0.6) is 11.5 Å². The van der Waals surface area contributed by atoms with Gasteiger partial charge in [0.15, 0.2) is 11.6 Å². The van der Waals surface area contributed by atoms with Crippen LogP contribution in [0.1, 0.15) is 78.1 Å². The van der Waals surface area contributed by atoms with E-state index >= 15 is 0 Å². The van der Waals surface area contributed by atoms with Gasteiger partial charge in [-0.1, -0.05) is 95.2 Å². The average molecular weight is 493 g/mol. The molecule has 0 saturated heterocycles. The van der Waals surface area contributed by atoms with Crippen molar-refractivity contribution in [2.75, 3.05) is 13.2 Å². The Morgan fingerprint density at radius 1 is 0.611 bits per heavy atom. The van der Waals surface area contributed by atoms with Crippen molar-refractivity contribution in [1.82, 2.24) is 9.97 Å². The molecule has 0 spiro atoms. The average Bonchev–Trinajstić information content (AvgIpc) is 2.92. The van der Waals surface area contributed by atoms with Gasteiger partial charge in [-0.05, 0) is 36.1 Å². The maximum atomic E-state index is 14.0. The van der Waals surface area contributed by atoms with E-state index in [4.69, 9.17) is 9.47 Å². The van der Waals surface area contributed by atoms with E-state index < -0.39 is 6.17 Å². The molecular weight excluding hydrogens is 451 g/mol. The van der Waals surface area contributed by atoms with Gasteiger partial charge in [0.2, 0.25) is 0 Å². The Hall–Kier alpha value is -2.95. The second-order valence-corrected chi connectivity index (χ2v) is 9.34. The molecule has 0 saturated carbocycles. The van der Waals surface area contributed by atoms with Gasteiger partial charge in [-0.3, -0.25) is 0 Å². The molecule has 0 bridgehead atoms. The molecule has 0 aliphatic heterocycles. The summed E-state index contributed by atoms with van der Waals surface area (Å²) in [5.74, 6) is 2.16. The number of halogens is 1. The third-order valence-electron chi connectivity index (χ3n) is 6.30. The zero-order chi connectivity index (χ0) is 25.4. The number of aromatic nitrogens is 2. The Bertz CT molecular complexity index is 975. The van der Waals surface area contributed by atoms with Crippen LogP contribution in [0, 0.1) is 0 Å². The quantitative estimate of drug-likeness (QED) is 0.177. The number of unbranched alkanes of at least 4 members (excludes halogenated alkanes) is 6. The summed E-state index contributed by atoms with van der Waals surface area (Å²) in [5.41, 5.74) is 3.16. The summed E-state index contributed by atoms with van der Waals surface area (Å²) in [5, 5.41) is 0. The van der Waals surface area contributed by atoms with Crippen LogP contribution in [-0.2, 0) is 0 Å². The zero-order valence-electron chi connectivity index (χ0n) is 21.9. The van der Waals surface area contributed by atoms with Crippen molar-refractivity contribution in [3.63, 3.8) is 0 Å². The van der Waals surface area contributed by atoms with Gasteiger partial charge in [0, 0.05) is 12.0 Å². The van der Waals surface area contributed by atoms with Crippen molar-refractivity contribution in [3.05, 3.63) is 60.9 Å². The molecule has 0 aliphatic carbocycles. The van der Waals surface area contributed by atoms with Gasteiger partial charge in [0.25, 0.3) is 0 Å². The minimum absolute atomic E-state index is 0.408. The van der Waals surface area contributed by atoms with E-state index in [-0.39, 0.29) is 0 Å². The number of benzene rings is 2. The number of hydrogen-bond donors (Lipinski definition) is 0. The largest absolute Gasteiger partial charge is 0.493 e. The minimum Gasteiger partial charge on any atom is -0.493 e. The molecule has 0 fully saturated rings. The predicted molar refractivity (Wildman–Crippen MR) is 146 cm³/mol. The first-order chi connectivity index (χ1) is 17.7. The van der Waals surface area contributed by atoms with Crippen LogP contribution < -0.4 is 9.47 Å². The van der Waals surface area contributed by atoms with E-state index in [1.165, 1.54) is 32.1 Å². The molecule has 36 heavy (non-hydrogen) atoms. The lowest BCUT2D eigenvalue weighted by molar-refractivity contribution is 0.222. The van der Waals surface area contributed by atoms with Crippen molar-refractivity contribution in [1.29, 1.82) is 0 Å². The Morgan fingerprint density at radius 3 is 1.81 bits per heavy atom. The van der Waals surface area contributed by atoms with Crippen molar-refractivity contribution in [2.45, 2.75) is 84.2 Å². The lowest BCUT2D eigenvalue weighted by atomic mass is 10.0. The summed E-state index contributed by atoms with van der Waals surface area (Å²) < 4.78 is 25.5. The molecule has 3 rings (SSSR count). The van der Waals surface area contributed by atoms with E-state index in [1.54, 1.807) is 12.4 Å². The fourth-order valence-electron chi connectivity index (χ4n) is 4.06. The van der Waals surface area contributed by atoms with Crippen molar-refractivity contribution in [3.8, 4) is 34.0 Å². The molecule has 3 aromatic rings. The van der Waals surface area contributed by atoms with E-state index in [0.29, 0.717) is 37.6 Å². The van der Waals surface area contributed by atoms with Crippen LogP contribution in [0.2, 0.25) is 0 Å². The molecule has 5 heteroatoms. The first-order valence-corrected chi connectivity index (χ1v) is 13.6. The molecule has 4 nitrogen and oxygen atoms in total. The Labute approximate surface area is 216 Å². The Morgan fingerprint density at radius 2 is 1.17 bits per heavy atom. The molecule has 0 aliphatic rings. The molecule has 1 unspecified atom stereocenters. The maximum absolute atomic E-state index is 14.0. The number of rotatable bonds is 17. The molecule has 0 N–H and O–H groups in total. The third-order valence-corrected chi connectivity index (χ3v) is 6.30. The zero-order valence-corrected chi connectivity index (χ0v) is 21.9. The molecule has 0 radical (unpaired) electrons. The molecule has 2 aromatic carbocycles. The molecule has 1 aromatic heterocycles. The Kier molecular flexibility index (Phi) is 12.2. The fraction of sp³-hybridized carbons (Fsp3) is 0.484. The summed E-state index contributed by atoms with van der Waals surface area (Å²) in [7, 11) is 0. The van der Waals surface area contributed by atoms with E-state index in [2.05, 4.69) is 35.9 Å². The smallest absolute Gasteiger partial charge is 0.159 e. The van der Waals surface area contributed by atoms with Gasteiger partial charge in [0.1, 0.15) is 11.9 Å². The van der Waals surface area contributed by atoms with Gasteiger partial charge in [-0.15, -0.1) is 0 Å². The molecule has 1 heterocycles. The summed E-state index contributed by atoms with van der Waals surface area (Å²) in [4.78, 5) is 8.93. The van der Waals surface area contributed by atoms with E-state index in [1.807, 2.05) is 36.4 Å². The van der Waals surface area contributed by atoms with Gasteiger partial charge in [-0.2, -0.15) is 0 Å². The first kappa shape index (κ1) is 27.6. The number of hydrogen-bond acceptors (Lipinski definition) is 4. The highest BCUT2D eigenvalue weighted by molar-refractivity contribution is 5.68. The van der Waals surface area contributed by atoms with Crippen LogP contribution >= 0.6 is 0 Å². The normalized spacial score (nSPS) is 11.9. The van der Waals surface area contributed by atoms with Crippen molar-refractivity contribution < 1.29 is 13.9 Å². The Balaban J connectivity index is 1.44. The molecule has 194 valence electrons. The first-order valence-electron chi connectivity index (χ1n) is 13.6. The van der Waals surface area contributed by atoms with E-state index in [9.17, 15) is 4.39 Å². The summed E-state index contributed by atoms with van der Waals surface area (Å²) in [6, 6.07) is 16.2. The monoisotopic (exact) mass is 492 g/mol. The maximum Gasteiger partial charge on any atom is 0.159 e. The minimum atomic E-state index is -0.775. The van der Waals surface area contributed by atoms with Gasteiger partial charge in [-0.25, -0.2) is 14.4 Å². The lowest BCUT2D eigenvalue weighted by Gasteiger charge is -2.10. The van der Waals surface area contributed by atoms with Crippen LogP contribution in [0.4, 0.5) is 4.39 Å². The number of nitrogens with zero attached hydrogens (tertiary/aromatic N) is 2. The molecular formula is C31H41FN2O2. The SMILES string of the molecule is CCCCCCOc1cnc(-c2ccc(-c3ccc(OCCC(F)CCCCCC)cc3)cc2)nc1. The van der Waals surface area contributed by atoms with Gasteiger partial charge in [0.05, 0.1) is 25.6 Å². The van der Waals surface area contributed by atoms with Crippen LogP contribution in [0.3, 0.4) is 0 Å². The van der Waals surface area contributed by atoms with Crippen molar-refractivity contribution >= 4 is 0 Å². The summed E-state index contributed by atoms with van der Waals surface area (Å²) in [6.45, 7) is 5.48. The second kappa shape index (κ2) is 15.9. The molecule has 1 atom stereocenters. The standard InChI is InChI=1S/C31H41FN2O2/c1-3-5-7-9-11-28(32)20-22-36-29-18-16-26(17-19-29)25-12-14-27(15-13-25)31-33-23-30(24-34-31)35-21-10-8-6-4-2/h12-19,23-24,28H,3-11,20-22H2,1-2H3. The fourth-order valence-corrected chi connectivity index (χ4v) is 4.06. The molecule has 0 amide bonds. The van der Waals surface area contributed by atoms with Crippen LogP contribution in [-0.4, -0.2) is 29.4 Å². The highest BCUT2D eigenvalue weighted by atomic mass is 19.1. The lowest BCUT2D eigenvalue weighted by Crippen LogP contribution is -2.07. The van der Waals surface area contributed by atoms with Gasteiger partial charge < -0.3 is 9.47 Å². The summed E-state index contributed by atoms with van der Waals surface area (Å²) >= 11 is 0. The topological polar surface area (TPSA) is 44.2 Å². The second-order valence-electron chi connectivity index (χ2n) is 9.34. The highest BCUT2D eigenvalue weighted by Gasteiger charge is 2.07. The number of ether oxygens (including phenoxy) is 2. The van der Waals surface area contributed by atoms with Crippen LogP contribution in [0.15, 0.2) is 60.9 Å².